The Balaban J connectivity index is 0. The fourth-order valence-electron chi connectivity index (χ4n) is 2.81. The first-order chi connectivity index (χ1) is 13.7. The molecule has 0 radical (unpaired) electrons. The third-order valence-corrected chi connectivity index (χ3v) is 4.56. The molecule has 0 saturated heterocycles. The first-order valence-electron chi connectivity index (χ1n) is 11.7. The second-order valence-corrected chi connectivity index (χ2v) is 7.28. The lowest BCUT2D eigenvalue weighted by molar-refractivity contribution is -0.140. The summed E-state index contributed by atoms with van der Waals surface area (Å²) in [5.74, 6) is -0.0825. The van der Waals surface area contributed by atoms with Crippen LogP contribution in [0.15, 0.2) is 24.3 Å². The lowest BCUT2D eigenvalue weighted by Crippen LogP contribution is -1.98. The first-order valence-corrected chi connectivity index (χ1v) is 11.7. The molecule has 0 aliphatic rings. The molecule has 3 heteroatoms. The Hall–Kier alpha value is -1.09. The number of hydrogen-bond acceptors (Lipinski definition) is 3. The van der Waals surface area contributed by atoms with E-state index in [2.05, 4.69) is 42.9 Å². The molecule has 0 aliphatic heterocycles. The minimum atomic E-state index is -0.0825. The number of ether oxygens (including phenoxy) is 1. The van der Waals surface area contributed by atoms with E-state index in [0.717, 1.165) is 32.1 Å². The number of allylic oxidation sites excluding steroid dienone is 4. The molecule has 0 unspecified atom stereocenters. The van der Waals surface area contributed by atoms with Gasteiger partial charge in [0.05, 0.1) is 7.11 Å². The van der Waals surface area contributed by atoms with Crippen LogP contribution < -0.4 is 0 Å². The number of carbonyl (C=O) groups excluding carboxylic acids is 1. The molecule has 0 aromatic heterocycles. The van der Waals surface area contributed by atoms with E-state index in [4.69, 9.17) is 5.11 Å². The normalized spacial score (nSPS) is 11.0. The molecule has 0 atom stereocenters. The van der Waals surface area contributed by atoms with Crippen molar-refractivity contribution in [2.45, 2.75) is 117 Å². The minimum Gasteiger partial charge on any atom is -0.469 e. The van der Waals surface area contributed by atoms with Gasteiger partial charge in [0.2, 0.25) is 0 Å². The highest BCUT2D eigenvalue weighted by Gasteiger charge is 1.98. The highest BCUT2D eigenvalue weighted by Crippen LogP contribution is 2.08. The average molecular weight is 397 g/mol. The van der Waals surface area contributed by atoms with Crippen LogP contribution in [-0.2, 0) is 9.53 Å². The molecule has 0 bridgehead atoms. The third-order valence-electron chi connectivity index (χ3n) is 4.56. The Labute approximate surface area is 175 Å². The van der Waals surface area contributed by atoms with Crippen LogP contribution in [0.5, 0.6) is 0 Å². The number of unbranched alkanes of at least 4 members (excludes halogenated alkanes) is 11. The number of aliphatic hydroxyl groups excluding tert-OH is 1. The van der Waals surface area contributed by atoms with Crippen LogP contribution in [0, 0.1) is 0 Å². The summed E-state index contributed by atoms with van der Waals surface area (Å²) < 4.78 is 4.57. The zero-order valence-electron chi connectivity index (χ0n) is 19.1. The Morgan fingerprint density at radius 1 is 0.679 bits per heavy atom. The van der Waals surface area contributed by atoms with Crippen molar-refractivity contribution < 1.29 is 14.6 Å². The van der Waals surface area contributed by atoms with Crippen LogP contribution in [0.3, 0.4) is 0 Å². The summed E-state index contributed by atoms with van der Waals surface area (Å²) in [7, 11) is 1.45. The molecule has 0 aromatic rings. The predicted octanol–water partition coefficient (Wildman–Crippen LogP) is 7.53. The molecule has 0 heterocycles. The van der Waals surface area contributed by atoms with Crippen molar-refractivity contribution in [1.29, 1.82) is 0 Å². The van der Waals surface area contributed by atoms with Crippen LogP contribution in [0.25, 0.3) is 0 Å². The number of carbonyl (C=O) groups is 1. The van der Waals surface area contributed by atoms with E-state index in [1.54, 1.807) is 0 Å². The Morgan fingerprint density at radius 3 is 1.54 bits per heavy atom. The van der Waals surface area contributed by atoms with Gasteiger partial charge in [-0.25, -0.2) is 0 Å². The maximum atomic E-state index is 10.8. The lowest BCUT2D eigenvalue weighted by Gasteiger charge is -1.99. The van der Waals surface area contributed by atoms with Gasteiger partial charge in [0, 0.05) is 13.0 Å². The van der Waals surface area contributed by atoms with Gasteiger partial charge in [-0.05, 0) is 51.4 Å². The van der Waals surface area contributed by atoms with E-state index in [1.165, 1.54) is 71.3 Å². The number of methoxy groups -OCH3 is 1. The van der Waals surface area contributed by atoms with Crippen molar-refractivity contribution >= 4 is 5.97 Å². The first kappa shape index (κ1) is 29.1. The van der Waals surface area contributed by atoms with Gasteiger partial charge >= 0.3 is 5.97 Å². The highest BCUT2D eigenvalue weighted by atomic mass is 16.5. The summed E-state index contributed by atoms with van der Waals surface area (Å²) in [6, 6.07) is 0. The monoisotopic (exact) mass is 396 g/mol. The fraction of sp³-hybridized carbons (Fsp3) is 0.800. The van der Waals surface area contributed by atoms with Crippen molar-refractivity contribution in [3.63, 3.8) is 0 Å². The molecular formula is C25H48O3. The fourth-order valence-corrected chi connectivity index (χ4v) is 2.81. The van der Waals surface area contributed by atoms with Crippen molar-refractivity contribution in [3.05, 3.63) is 24.3 Å². The van der Waals surface area contributed by atoms with Gasteiger partial charge in [-0.15, -0.1) is 0 Å². The second-order valence-electron chi connectivity index (χ2n) is 7.28. The Bertz CT molecular complexity index is 348. The van der Waals surface area contributed by atoms with E-state index >= 15 is 0 Å². The highest BCUT2D eigenvalue weighted by molar-refractivity contribution is 5.68. The SMILES string of the molecule is CC/C=C/CCCCCCCC(=O)OC.CC/C=C/CCCCCCCCO. The summed E-state index contributed by atoms with van der Waals surface area (Å²) >= 11 is 0. The maximum absolute atomic E-state index is 10.8. The number of hydrogen-bond donors (Lipinski definition) is 1. The molecule has 1 N–H and O–H groups in total. The maximum Gasteiger partial charge on any atom is 0.305 e. The molecule has 0 aliphatic carbocycles. The predicted molar refractivity (Wildman–Crippen MR) is 123 cm³/mol. The van der Waals surface area contributed by atoms with Gasteiger partial charge in [-0.1, -0.05) is 83.1 Å². The van der Waals surface area contributed by atoms with E-state index in [-0.39, 0.29) is 5.97 Å². The molecule has 166 valence electrons. The molecule has 0 saturated carbocycles. The van der Waals surface area contributed by atoms with Crippen molar-refractivity contribution in [2.24, 2.45) is 0 Å². The third kappa shape index (κ3) is 29.7. The summed E-state index contributed by atoms with van der Waals surface area (Å²) in [4.78, 5) is 10.8. The molecular weight excluding hydrogens is 348 g/mol. The molecule has 0 spiro atoms. The zero-order chi connectivity index (χ0) is 21.1. The van der Waals surface area contributed by atoms with Crippen LogP contribution in [-0.4, -0.2) is 24.8 Å². The van der Waals surface area contributed by atoms with Crippen molar-refractivity contribution in [2.75, 3.05) is 13.7 Å². The zero-order valence-corrected chi connectivity index (χ0v) is 19.1. The van der Waals surface area contributed by atoms with Crippen LogP contribution in [0.2, 0.25) is 0 Å². The smallest absolute Gasteiger partial charge is 0.305 e. The second kappa shape index (κ2) is 28.1. The average Bonchev–Trinajstić information content (AvgIpc) is 2.71. The molecule has 0 amide bonds. The topological polar surface area (TPSA) is 46.5 Å². The Kier molecular flexibility index (Phi) is 29.2. The van der Waals surface area contributed by atoms with Crippen LogP contribution in [0.4, 0.5) is 0 Å². The van der Waals surface area contributed by atoms with Gasteiger partial charge in [0.15, 0.2) is 0 Å². The van der Waals surface area contributed by atoms with Gasteiger partial charge in [-0.2, -0.15) is 0 Å². The van der Waals surface area contributed by atoms with Gasteiger partial charge in [-0.3, -0.25) is 4.79 Å². The number of esters is 1. The summed E-state index contributed by atoms with van der Waals surface area (Å²) in [5.41, 5.74) is 0. The minimum absolute atomic E-state index is 0.0825. The molecule has 28 heavy (non-hydrogen) atoms. The van der Waals surface area contributed by atoms with Gasteiger partial charge < -0.3 is 9.84 Å². The van der Waals surface area contributed by atoms with Gasteiger partial charge in [0.1, 0.15) is 0 Å². The molecule has 0 aromatic carbocycles. The quantitative estimate of drug-likeness (QED) is 0.148. The van der Waals surface area contributed by atoms with Gasteiger partial charge in [0.25, 0.3) is 0 Å². The molecule has 0 rings (SSSR count). The van der Waals surface area contributed by atoms with E-state index < -0.39 is 0 Å². The largest absolute Gasteiger partial charge is 0.469 e. The van der Waals surface area contributed by atoms with E-state index in [9.17, 15) is 4.79 Å². The summed E-state index contributed by atoms with van der Waals surface area (Å²) in [6.45, 7) is 4.69. The van der Waals surface area contributed by atoms with E-state index in [0.29, 0.717) is 13.0 Å². The summed E-state index contributed by atoms with van der Waals surface area (Å²) in [5, 5.41) is 8.56. The van der Waals surface area contributed by atoms with Crippen molar-refractivity contribution in [1.82, 2.24) is 0 Å². The lowest BCUT2D eigenvalue weighted by atomic mass is 10.1. The molecule has 3 nitrogen and oxygen atoms in total. The van der Waals surface area contributed by atoms with E-state index in [1.807, 2.05) is 0 Å². The summed E-state index contributed by atoms with van der Waals surface area (Å²) in [6.07, 6.45) is 27.7. The molecule has 0 fully saturated rings. The standard InChI is InChI=1S/C13H24O2.C12H24O/c1-3-4-5-6-7-8-9-10-11-12-13(14)15-2;1-2-3-4-5-6-7-8-9-10-11-12-13/h4-5H,3,6-12H2,1-2H3;3-4,13H,2,5-12H2,1H3/b5-4+;4-3+. The number of aliphatic hydroxyl groups is 1. The van der Waals surface area contributed by atoms with Crippen LogP contribution in [0.1, 0.15) is 117 Å². The van der Waals surface area contributed by atoms with Crippen LogP contribution >= 0.6 is 0 Å². The van der Waals surface area contributed by atoms with Crippen molar-refractivity contribution in [3.8, 4) is 0 Å². The Morgan fingerprint density at radius 2 is 1.11 bits per heavy atom. The number of rotatable bonds is 18.